The van der Waals surface area contributed by atoms with Gasteiger partial charge in [-0.05, 0) is 24.6 Å². The van der Waals surface area contributed by atoms with E-state index >= 15 is 0 Å². The first-order valence-corrected chi connectivity index (χ1v) is 9.08. The van der Waals surface area contributed by atoms with Gasteiger partial charge in [0.05, 0.1) is 25.4 Å². The Morgan fingerprint density at radius 1 is 1.00 bits per heavy atom. The lowest BCUT2D eigenvalue weighted by Gasteiger charge is -2.04. The van der Waals surface area contributed by atoms with E-state index in [1.54, 1.807) is 11.3 Å². The van der Waals surface area contributed by atoms with Crippen molar-refractivity contribution in [1.29, 1.82) is 0 Å². The van der Waals surface area contributed by atoms with Crippen LogP contribution in [0.15, 0.2) is 42.5 Å². The van der Waals surface area contributed by atoms with Crippen LogP contribution < -0.4 is 10.6 Å². The van der Waals surface area contributed by atoms with Crippen LogP contribution in [0.25, 0.3) is 20.4 Å². The summed E-state index contributed by atoms with van der Waals surface area (Å²) in [7, 11) is 0. The molecule has 0 bridgehead atoms. The lowest BCUT2D eigenvalue weighted by molar-refractivity contribution is 0.251. The highest BCUT2D eigenvalue weighted by Gasteiger charge is 2.12. The zero-order chi connectivity index (χ0) is 16.5. The van der Waals surface area contributed by atoms with Gasteiger partial charge in [0.1, 0.15) is 0 Å². The molecule has 0 saturated carbocycles. The largest absolute Gasteiger partial charge is 0.334 e. The third-order valence-corrected chi connectivity index (χ3v) is 5.67. The molecule has 4 rings (SSSR count). The Labute approximate surface area is 146 Å². The van der Waals surface area contributed by atoms with Crippen LogP contribution >= 0.6 is 22.7 Å². The summed E-state index contributed by atoms with van der Waals surface area (Å²) in [4.78, 5) is 21.1. The SMILES string of the molecule is Cc1nc2ccc3nc(NC(=O)NCc4ccccc4)sc3c2s1. The first kappa shape index (κ1) is 15.0. The first-order valence-electron chi connectivity index (χ1n) is 7.44. The molecule has 24 heavy (non-hydrogen) atoms. The third-order valence-electron chi connectivity index (χ3n) is 3.54. The van der Waals surface area contributed by atoms with Gasteiger partial charge in [0.25, 0.3) is 0 Å². The summed E-state index contributed by atoms with van der Waals surface area (Å²) in [6.07, 6.45) is 0. The molecule has 2 aromatic carbocycles. The smallest absolute Gasteiger partial charge is 0.321 e. The predicted octanol–water partition coefficient (Wildman–Crippen LogP) is 4.54. The van der Waals surface area contributed by atoms with Crippen LogP contribution in [0.2, 0.25) is 0 Å². The Hall–Kier alpha value is -2.51. The van der Waals surface area contributed by atoms with Gasteiger partial charge in [0, 0.05) is 6.54 Å². The minimum atomic E-state index is -0.255. The van der Waals surface area contributed by atoms with E-state index in [0.29, 0.717) is 11.7 Å². The molecule has 0 aliphatic carbocycles. The minimum absolute atomic E-state index is 0.255. The molecule has 0 saturated heterocycles. The Morgan fingerprint density at radius 3 is 2.50 bits per heavy atom. The minimum Gasteiger partial charge on any atom is -0.334 e. The van der Waals surface area contributed by atoms with E-state index in [1.165, 1.54) is 11.3 Å². The van der Waals surface area contributed by atoms with E-state index in [1.807, 2.05) is 49.4 Å². The van der Waals surface area contributed by atoms with Gasteiger partial charge >= 0.3 is 6.03 Å². The monoisotopic (exact) mass is 354 g/mol. The number of carbonyl (C=O) groups is 1. The van der Waals surface area contributed by atoms with Crippen molar-refractivity contribution in [2.45, 2.75) is 13.5 Å². The Balaban J connectivity index is 1.52. The average molecular weight is 354 g/mol. The van der Waals surface area contributed by atoms with E-state index in [2.05, 4.69) is 20.6 Å². The summed E-state index contributed by atoms with van der Waals surface area (Å²) in [5.74, 6) is 0. The summed E-state index contributed by atoms with van der Waals surface area (Å²) in [6, 6.07) is 13.5. The topological polar surface area (TPSA) is 66.9 Å². The van der Waals surface area contributed by atoms with Crippen LogP contribution in [0.5, 0.6) is 0 Å². The van der Waals surface area contributed by atoms with Crippen molar-refractivity contribution in [3.63, 3.8) is 0 Å². The Morgan fingerprint density at radius 2 is 1.71 bits per heavy atom. The number of anilines is 1. The highest BCUT2D eigenvalue weighted by atomic mass is 32.1. The van der Waals surface area contributed by atoms with E-state index in [4.69, 9.17) is 0 Å². The number of carbonyl (C=O) groups excluding carboxylic acids is 1. The average Bonchev–Trinajstić information content (AvgIpc) is 3.15. The Bertz CT molecular complexity index is 1020. The van der Waals surface area contributed by atoms with Crippen LogP contribution in [-0.4, -0.2) is 16.0 Å². The van der Waals surface area contributed by atoms with Crippen molar-refractivity contribution in [3.05, 3.63) is 53.0 Å². The number of aromatic nitrogens is 2. The molecule has 0 aliphatic rings. The van der Waals surface area contributed by atoms with Gasteiger partial charge in [-0.25, -0.2) is 14.8 Å². The summed E-state index contributed by atoms with van der Waals surface area (Å²) < 4.78 is 2.19. The number of nitrogens with zero attached hydrogens (tertiary/aromatic N) is 2. The van der Waals surface area contributed by atoms with Gasteiger partial charge in [-0.1, -0.05) is 41.7 Å². The number of aryl methyl sites for hydroxylation is 1. The summed E-state index contributed by atoms with van der Waals surface area (Å²) in [5, 5.41) is 7.28. The molecule has 2 heterocycles. The van der Waals surface area contributed by atoms with E-state index in [-0.39, 0.29) is 6.03 Å². The summed E-state index contributed by atoms with van der Waals surface area (Å²) in [6.45, 7) is 2.48. The van der Waals surface area contributed by atoms with E-state index < -0.39 is 0 Å². The molecule has 2 amide bonds. The third kappa shape index (κ3) is 2.95. The van der Waals surface area contributed by atoms with Crippen LogP contribution in [0, 0.1) is 6.92 Å². The quantitative estimate of drug-likeness (QED) is 0.568. The fourth-order valence-corrected chi connectivity index (χ4v) is 4.46. The molecular formula is C17H14N4OS2. The molecule has 4 aromatic rings. The molecule has 2 aromatic heterocycles. The standard InChI is InChI=1S/C17H14N4OS2/c1-10-19-12-7-8-13-15(14(12)23-10)24-17(20-13)21-16(22)18-9-11-5-3-2-4-6-11/h2-8H,9H2,1H3,(H2,18,20,21,22). The maximum absolute atomic E-state index is 12.1. The van der Waals surface area contributed by atoms with Crippen molar-refractivity contribution in [2.75, 3.05) is 5.32 Å². The van der Waals surface area contributed by atoms with Crippen molar-refractivity contribution in [2.24, 2.45) is 0 Å². The van der Waals surface area contributed by atoms with Gasteiger partial charge in [0.15, 0.2) is 5.13 Å². The number of benzene rings is 2. The maximum atomic E-state index is 12.1. The number of fused-ring (bicyclic) bond motifs is 3. The van der Waals surface area contributed by atoms with Crippen LogP contribution in [-0.2, 0) is 6.54 Å². The second-order valence-corrected chi connectivity index (χ2v) is 7.51. The van der Waals surface area contributed by atoms with Crippen molar-refractivity contribution < 1.29 is 4.79 Å². The molecule has 0 radical (unpaired) electrons. The number of thiazole rings is 2. The normalized spacial score (nSPS) is 11.0. The highest BCUT2D eigenvalue weighted by Crippen LogP contribution is 2.35. The molecule has 0 spiro atoms. The van der Waals surface area contributed by atoms with Crippen molar-refractivity contribution >= 4 is 54.3 Å². The molecule has 0 unspecified atom stereocenters. The molecule has 0 atom stereocenters. The number of amides is 2. The fraction of sp³-hybridized carbons (Fsp3) is 0.118. The van der Waals surface area contributed by atoms with Crippen molar-refractivity contribution in [3.8, 4) is 0 Å². The zero-order valence-corrected chi connectivity index (χ0v) is 14.5. The first-order chi connectivity index (χ1) is 11.7. The molecule has 120 valence electrons. The molecule has 0 fully saturated rings. The van der Waals surface area contributed by atoms with E-state index in [0.717, 1.165) is 31.0 Å². The number of hydrogen-bond donors (Lipinski definition) is 2. The fourth-order valence-electron chi connectivity index (χ4n) is 2.46. The van der Waals surface area contributed by atoms with E-state index in [9.17, 15) is 4.79 Å². The van der Waals surface area contributed by atoms with Gasteiger partial charge in [-0.2, -0.15) is 0 Å². The predicted molar refractivity (Wildman–Crippen MR) is 99.8 cm³/mol. The van der Waals surface area contributed by atoms with Gasteiger partial charge in [-0.15, -0.1) is 11.3 Å². The number of urea groups is 1. The van der Waals surface area contributed by atoms with Crippen molar-refractivity contribution in [1.82, 2.24) is 15.3 Å². The van der Waals surface area contributed by atoms with Crippen LogP contribution in [0.4, 0.5) is 9.93 Å². The molecular weight excluding hydrogens is 340 g/mol. The summed E-state index contributed by atoms with van der Waals surface area (Å²) >= 11 is 3.13. The summed E-state index contributed by atoms with van der Waals surface area (Å²) in [5.41, 5.74) is 2.92. The highest BCUT2D eigenvalue weighted by molar-refractivity contribution is 7.28. The lowest BCUT2D eigenvalue weighted by atomic mass is 10.2. The lowest BCUT2D eigenvalue weighted by Crippen LogP contribution is -2.28. The van der Waals surface area contributed by atoms with Crippen LogP contribution in [0.1, 0.15) is 10.6 Å². The number of nitrogens with one attached hydrogen (secondary N) is 2. The number of hydrogen-bond acceptors (Lipinski definition) is 5. The molecule has 7 heteroatoms. The Kier molecular flexibility index (Phi) is 3.87. The number of rotatable bonds is 3. The van der Waals surface area contributed by atoms with Gasteiger partial charge in [0.2, 0.25) is 0 Å². The molecule has 0 aliphatic heterocycles. The van der Waals surface area contributed by atoms with Gasteiger partial charge < -0.3 is 5.32 Å². The second kappa shape index (κ2) is 6.18. The molecule has 5 nitrogen and oxygen atoms in total. The maximum Gasteiger partial charge on any atom is 0.321 e. The molecule has 2 N–H and O–H groups in total. The van der Waals surface area contributed by atoms with Crippen LogP contribution in [0.3, 0.4) is 0 Å². The van der Waals surface area contributed by atoms with Gasteiger partial charge in [-0.3, -0.25) is 5.32 Å². The zero-order valence-electron chi connectivity index (χ0n) is 12.9. The second-order valence-electron chi connectivity index (χ2n) is 5.31.